The minimum absolute atomic E-state index is 0.00301. The summed E-state index contributed by atoms with van der Waals surface area (Å²) in [4.78, 5) is 16.3. The van der Waals surface area contributed by atoms with E-state index in [0.29, 0.717) is 15.9 Å². The molecule has 0 aliphatic rings. The Morgan fingerprint density at radius 3 is 2.21 bits per heavy atom. The number of rotatable bonds is 4. The van der Waals surface area contributed by atoms with Crippen LogP contribution in [-0.2, 0) is 4.74 Å². The Kier molecular flexibility index (Phi) is 4.83. The number of benzene rings is 2. The van der Waals surface area contributed by atoms with Crippen LogP contribution in [0.15, 0.2) is 48.5 Å². The number of carbonyl (C=O) groups excluding carboxylic acids is 1. The number of hydrogen-bond acceptors (Lipinski definition) is 4. The van der Waals surface area contributed by atoms with Gasteiger partial charge in [0.2, 0.25) is 0 Å². The lowest BCUT2D eigenvalue weighted by Gasteiger charge is -2.06. The number of carbonyl (C=O) groups is 1. The summed E-state index contributed by atoms with van der Waals surface area (Å²) in [5.41, 5.74) is 1.50. The summed E-state index contributed by atoms with van der Waals surface area (Å²) >= 11 is 11.9. The molecule has 0 unspecified atom stereocenters. The van der Waals surface area contributed by atoms with Gasteiger partial charge in [-0.05, 0) is 55.5 Å². The van der Waals surface area contributed by atoms with E-state index in [0.717, 1.165) is 11.3 Å². The first-order chi connectivity index (χ1) is 11.6. The standard InChI is InChI=1S/C17H13Cl2N3O2/c1-2-24-17(23)15-20-16(11-3-5-12(18)6-4-11)22(21-15)14-9-7-13(19)8-10-14/h3-10H,2H2,1H3. The van der Waals surface area contributed by atoms with Gasteiger partial charge in [0.25, 0.3) is 5.82 Å². The van der Waals surface area contributed by atoms with Gasteiger partial charge in [-0.25, -0.2) is 14.5 Å². The van der Waals surface area contributed by atoms with E-state index in [4.69, 9.17) is 27.9 Å². The lowest BCUT2D eigenvalue weighted by molar-refractivity contribution is 0.0512. The van der Waals surface area contributed by atoms with Crippen molar-refractivity contribution in [2.75, 3.05) is 6.61 Å². The van der Waals surface area contributed by atoms with Gasteiger partial charge in [-0.3, -0.25) is 0 Å². The van der Waals surface area contributed by atoms with Crippen LogP contribution in [0.4, 0.5) is 0 Å². The van der Waals surface area contributed by atoms with Crippen LogP contribution < -0.4 is 0 Å². The topological polar surface area (TPSA) is 57.0 Å². The molecule has 5 nitrogen and oxygen atoms in total. The van der Waals surface area contributed by atoms with Crippen LogP contribution in [-0.4, -0.2) is 27.3 Å². The highest BCUT2D eigenvalue weighted by Gasteiger charge is 2.19. The zero-order valence-electron chi connectivity index (χ0n) is 12.7. The van der Waals surface area contributed by atoms with Gasteiger partial charge in [-0.2, -0.15) is 0 Å². The molecule has 0 saturated heterocycles. The van der Waals surface area contributed by atoms with E-state index in [-0.39, 0.29) is 12.4 Å². The third-order valence-electron chi connectivity index (χ3n) is 3.24. The van der Waals surface area contributed by atoms with Gasteiger partial charge in [-0.1, -0.05) is 23.2 Å². The molecule has 0 atom stereocenters. The second-order valence-corrected chi connectivity index (χ2v) is 5.75. The van der Waals surface area contributed by atoms with Gasteiger partial charge in [0.05, 0.1) is 12.3 Å². The summed E-state index contributed by atoms with van der Waals surface area (Å²) in [6.45, 7) is 1.98. The van der Waals surface area contributed by atoms with Gasteiger partial charge in [0.15, 0.2) is 5.82 Å². The average molecular weight is 362 g/mol. The van der Waals surface area contributed by atoms with Crippen LogP contribution in [0.1, 0.15) is 17.5 Å². The summed E-state index contributed by atoms with van der Waals surface area (Å²) in [6.07, 6.45) is 0. The van der Waals surface area contributed by atoms with Crippen molar-refractivity contribution in [1.29, 1.82) is 0 Å². The Bertz CT molecular complexity index is 796. The predicted molar refractivity (Wildman–Crippen MR) is 92.8 cm³/mol. The zero-order chi connectivity index (χ0) is 17.1. The number of hydrogen-bond donors (Lipinski definition) is 0. The number of halogens is 2. The van der Waals surface area contributed by atoms with Crippen molar-refractivity contribution in [2.24, 2.45) is 0 Å². The fourth-order valence-corrected chi connectivity index (χ4v) is 2.39. The number of esters is 1. The molecule has 0 saturated carbocycles. The summed E-state index contributed by atoms with van der Waals surface area (Å²) < 4.78 is 6.56. The van der Waals surface area contributed by atoms with Gasteiger partial charge < -0.3 is 4.74 Å². The molecule has 7 heteroatoms. The predicted octanol–water partition coefficient (Wildman–Crippen LogP) is 4.42. The molecule has 122 valence electrons. The third kappa shape index (κ3) is 3.42. The fraction of sp³-hybridized carbons (Fsp3) is 0.118. The van der Waals surface area contributed by atoms with Gasteiger partial charge in [0.1, 0.15) is 0 Å². The summed E-state index contributed by atoms with van der Waals surface area (Å²) in [7, 11) is 0. The van der Waals surface area contributed by atoms with Crippen molar-refractivity contribution in [3.05, 3.63) is 64.4 Å². The van der Waals surface area contributed by atoms with Crippen molar-refractivity contribution in [3.8, 4) is 17.1 Å². The van der Waals surface area contributed by atoms with Crippen LogP contribution in [0, 0.1) is 0 Å². The maximum atomic E-state index is 12.0. The Morgan fingerprint density at radius 1 is 1.04 bits per heavy atom. The normalized spacial score (nSPS) is 10.6. The zero-order valence-corrected chi connectivity index (χ0v) is 14.3. The highest BCUT2D eigenvalue weighted by Crippen LogP contribution is 2.24. The molecule has 3 rings (SSSR count). The molecular weight excluding hydrogens is 349 g/mol. The maximum Gasteiger partial charge on any atom is 0.378 e. The smallest absolute Gasteiger partial charge is 0.378 e. The molecule has 1 heterocycles. The Hall–Kier alpha value is -2.37. The largest absolute Gasteiger partial charge is 0.460 e. The molecule has 0 aliphatic heterocycles. The van der Waals surface area contributed by atoms with Crippen LogP contribution in [0.5, 0.6) is 0 Å². The van der Waals surface area contributed by atoms with E-state index in [1.165, 1.54) is 0 Å². The van der Waals surface area contributed by atoms with Crippen LogP contribution in [0.2, 0.25) is 10.0 Å². The second kappa shape index (κ2) is 7.03. The number of nitrogens with zero attached hydrogens (tertiary/aromatic N) is 3. The minimum Gasteiger partial charge on any atom is -0.460 e. The summed E-state index contributed by atoms with van der Waals surface area (Å²) in [6, 6.07) is 14.2. The highest BCUT2D eigenvalue weighted by molar-refractivity contribution is 6.30. The molecule has 0 N–H and O–H groups in total. The Morgan fingerprint density at radius 2 is 1.62 bits per heavy atom. The molecule has 3 aromatic rings. The maximum absolute atomic E-state index is 12.0. The quantitative estimate of drug-likeness (QED) is 0.645. The minimum atomic E-state index is -0.569. The first-order valence-electron chi connectivity index (χ1n) is 7.24. The average Bonchev–Trinajstić information content (AvgIpc) is 3.02. The van der Waals surface area contributed by atoms with E-state index in [2.05, 4.69) is 10.1 Å². The molecule has 0 radical (unpaired) electrons. The molecule has 24 heavy (non-hydrogen) atoms. The molecule has 0 bridgehead atoms. The lowest BCUT2D eigenvalue weighted by Crippen LogP contribution is -2.07. The molecule has 0 spiro atoms. The first-order valence-corrected chi connectivity index (χ1v) is 8.00. The summed E-state index contributed by atoms with van der Waals surface area (Å²) in [5, 5.41) is 5.50. The van der Waals surface area contributed by atoms with Gasteiger partial charge in [-0.15, -0.1) is 5.10 Å². The van der Waals surface area contributed by atoms with Crippen molar-refractivity contribution < 1.29 is 9.53 Å². The Balaban J connectivity index is 2.12. The van der Waals surface area contributed by atoms with E-state index in [1.807, 2.05) is 12.1 Å². The second-order valence-electron chi connectivity index (χ2n) is 4.87. The van der Waals surface area contributed by atoms with Crippen LogP contribution >= 0.6 is 23.2 Å². The van der Waals surface area contributed by atoms with Crippen molar-refractivity contribution >= 4 is 29.2 Å². The lowest BCUT2D eigenvalue weighted by atomic mass is 10.2. The fourth-order valence-electron chi connectivity index (χ4n) is 2.14. The van der Waals surface area contributed by atoms with Gasteiger partial charge in [0, 0.05) is 15.6 Å². The van der Waals surface area contributed by atoms with E-state index >= 15 is 0 Å². The van der Waals surface area contributed by atoms with Crippen LogP contribution in [0.3, 0.4) is 0 Å². The monoisotopic (exact) mass is 361 g/mol. The SMILES string of the molecule is CCOC(=O)c1nc(-c2ccc(Cl)cc2)n(-c2ccc(Cl)cc2)n1. The van der Waals surface area contributed by atoms with Gasteiger partial charge >= 0.3 is 5.97 Å². The summed E-state index contributed by atoms with van der Waals surface area (Å²) in [5.74, 6) is -0.0609. The number of aromatic nitrogens is 3. The third-order valence-corrected chi connectivity index (χ3v) is 3.74. The van der Waals surface area contributed by atoms with Crippen molar-refractivity contribution in [2.45, 2.75) is 6.92 Å². The van der Waals surface area contributed by atoms with Crippen molar-refractivity contribution in [1.82, 2.24) is 14.8 Å². The van der Waals surface area contributed by atoms with Crippen molar-refractivity contribution in [3.63, 3.8) is 0 Å². The molecular formula is C17H13Cl2N3O2. The van der Waals surface area contributed by atoms with E-state index in [9.17, 15) is 4.79 Å². The number of ether oxygens (including phenoxy) is 1. The molecule has 0 fully saturated rings. The molecule has 0 aliphatic carbocycles. The molecule has 1 aromatic heterocycles. The first kappa shape index (κ1) is 16.5. The Labute approximate surface area is 148 Å². The van der Waals surface area contributed by atoms with E-state index < -0.39 is 5.97 Å². The highest BCUT2D eigenvalue weighted by atomic mass is 35.5. The molecule has 2 aromatic carbocycles. The molecule has 0 amide bonds. The van der Waals surface area contributed by atoms with Crippen LogP contribution in [0.25, 0.3) is 17.1 Å². The van der Waals surface area contributed by atoms with E-state index in [1.54, 1.807) is 48.0 Å².